The molecule has 0 N–H and O–H groups in total. The van der Waals surface area contributed by atoms with E-state index in [0.29, 0.717) is 0 Å². The smallest absolute Gasteiger partial charge is 0.0101 e. The Morgan fingerprint density at radius 3 is 2.50 bits per heavy atom. The minimum atomic E-state index is 1.02. The highest BCUT2D eigenvalue weighted by Crippen LogP contribution is 2.02. The lowest BCUT2D eigenvalue weighted by Gasteiger charge is -1.92. The molecule has 0 fully saturated rings. The highest BCUT2D eigenvalue weighted by Gasteiger charge is 1.82. The monoisotopic (exact) mass is 136 g/mol. The second-order valence-corrected chi connectivity index (χ2v) is 2.15. The summed E-state index contributed by atoms with van der Waals surface area (Å²) in [6.07, 6.45) is 10.5. The van der Waals surface area contributed by atoms with Crippen LogP contribution in [0.2, 0.25) is 0 Å². The van der Waals surface area contributed by atoms with Gasteiger partial charge in [-0.3, -0.25) is 0 Å². The molecular formula is C10H16. The molecule has 0 aliphatic heterocycles. The summed E-state index contributed by atoms with van der Waals surface area (Å²) in [5.74, 6) is 0. The lowest BCUT2D eigenvalue weighted by Crippen LogP contribution is -1.71. The molecule has 0 heteroatoms. The van der Waals surface area contributed by atoms with Crippen LogP contribution in [0.1, 0.15) is 26.7 Å². The van der Waals surface area contributed by atoms with Crippen LogP contribution in [0.4, 0.5) is 0 Å². The number of rotatable bonds is 4. The van der Waals surface area contributed by atoms with Crippen molar-refractivity contribution in [3.63, 3.8) is 0 Å². The van der Waals surface area contributed by atoms with Gasteiger partial charge in [-0.15, -0.1) is 0 Å². The van der Waals surface area contributed by atoms with Gasteiger partial charge in [-0.2, -0.15) is 0 Å². The summed E-state index contributed by atoms with van der Waals surface area (Å²) in [6.45, 7) is 7.89. The van der Waals surface area contributed by atoms with Crippen molar-refractivity contribution in [2.75, 3.05) is 0 Å². The molecule has 0 aromatic rings. The molecule has 10 heavy (non-hydrogen) atoms. The van der Waals surface area contributed by atoms with Crippen LogP contribution in [0.3, 0.4) is 0 Å². The molecule has 0 aromatic carbocycles. The van der Waals surface area contributed by atoms with Gasteiger partial charge in [0, 0.05) is 0 Å². The van der Waals surface area contributed by atoms with Crippen molar-refractivity contribution in [1.29, 1.82) is 0 Å². The van der Waals surface area contributed by atoms with Crippen molar-refractivity contribution < 1.29 is 0 Å². The summed E-state index contributed by atoms with van der Waals surface area (Å²) in [4.78, 5) is 0. The molecule has 0 heterocycles. The minimum Gasteiger partial charge on any atom is -0.0988 e. The van der Waals surface area contributed by atoms with E-state index in [9.17, 15) is 0 Å². The van der Waals surface area contributed by atoms with Gasteiger partial charge in [-0.25, -0.2) is 0 Å². The Kier molecular flexibility index (Phi) is 5.85. The van der Waals surface area contributed by atoms with Crippen LogP contribution in [-0.2, 0) is 0 Å². The molecule has 0 nitrogen and oxygen atoms in total. The molecule has 0 aliphatic rings. The van der Waals surface area contributed by atoms with Crippen molar-refractivity contribution in [1.82, 2.24) is 0 Å². The maximum Gasteiger partial charge on any atom is -0.0101 e. The molecule has 0 unspecified atom stereocenters. The summed E-state index contributed by atoms with van der Waals surface area (Å²) < 4.78 is 0. The molecule has 0 rings (SSSR count). The fourth-order valence-electron chi connectivity index (χ4n) is 0.705. The average Bonchev–Trinajstić information content (AvgIpc) is 1.99. The SMILES string of the molecule is C=CC(=CC)CC=CCC. The molecule has 0 bridgehead atoms. The third-order valence-corrected chi connectivity index (χ3v) is 1.39. The molecule has 0 saturated carbocycles. The third kappa shape index (κ3) is 4.13. The Labute approximate surface area is 64.0 Å². The van der Waals surface area contributed by atoms with E-state index in [1.54, 1.807) is 0 Å². The topological polar surface area (TPSA) is 0 Å². The second-order valence-electron chi connectivity index (χ2n) is 2.15. The predicted molar refractivity (Wildman–Crippen MR) is 48.0 cm³/mol. The largest absolute Gasteiger partial charge is 0.0988 e. The average molecular weight is 136 g/mol. The van der Waals surface area contributed by atoms with Crippen molar-refractivity contribution in [3.05, 3.63) is 36.5 Å². The highest BCUT2D eigenvalue weighted by molar-refractivity contribution is 5.18. The van der Waals surface area contributed by atoms with Gasteiger partial charge in [0.05, 0.1) is 0 Å². The van der Waals surface area contributed by atoms with Gasteiger partial charge in [0.2, 0.25) is 0 Å². The Hall–Kier alpha value is -0.780. The van der Waals surface area contributed by atoms with Gasteiger partial charge in [-0.05, 0) is 25.3 Å². The molecule has 56 valence electrons. The first kappa shape index (κ1) is 9.22. The van der Waals surface area contributed by atoms with Crippen LogP contribution < -0.4 is 0 Å². The summed E-state index contributed by atoms with van der Waals surface area (Å²) >= 11 is 0. The summed E-state index contributed by atoms with van der Waals surface area (Å²) in [7, 11) is 0. The zero-order valence-electron chi connectivity index (χ0n) is 6.93. The zero-order valence-corrected chi connectivity index (χ0v) is 6.93. The van der Waals surface area contributed by atoms with Gasteiger partial charge in [-0.1, -0.05) is 37.8 Å². The van der Waals surface area contributed by atoms with Crippen LogP contribution in [-0.4, -0.2) is 0 Å². The van der Waals surface area contributed by atoms with Crippen LogP contribution >= 0.6 is 0 Å². The molecule has 0 amide bonds. The van der Waals surface area contributed by atoms with Crippen LogP contribution in [0, 0.1) is 0 Å². The number of hydrogen-bond donors (Lipinski definition) is 0. The molecule has 0 aliphatic carbocycles. The standard InChI is InChI=1S/C10H16/c1-4-7-8-9-10(5-2)6-3/h5-8H,2,4,9H2,1,3H3. The van der Waals surface area contributed by atoms with E-state index >= 15 is 0 Å². The Bertz CT molecular complexity index is 138. The summed E-state index contributed by atoms with van der Waals surface area (Å²) in [5, 5.41) is 0. The molecule has 0 atom stereocenters. The normalized spacial score (nSPS) is 12.4. The van der Waals surface area contributed by atoms with E-state index in [1.807, 2.05) is 13.0 Å². The van der Waals surface area contributed by atoms with E-state index in [-0.39, 0.29) is 0 Å². The fourth-order valence-corrected chi connectivity index (χ4v) is 0.705. The third-order valence-electron chi connectivity index (χ3n) is 1.39. The quantitative estimate of drug-likeness (QED) is 0.410. The maximum absolute atomic E-state index is 3.71. The van der Waals surface area contributed by atoms with Gasteiger partial charge in [0.1, 0.15) is 0 Å². The van der Waals surface area contributed by atoms with Gasteiger partial charge in [0.25, 0.3) is 0 Å². The minimum absolute atomic E-state index is 1.02. The van der Waals surface area contributed by atoms with Crippen LogP contribution in [0.25, 0.3) is 0 Å². The van der Waals surface area contributed by atoms with Crippen LogP contribution in [0.5, 0.6) is 0 Å². The van der Waals surface area contributed by atoms with Gasteiger partial charge >= 0.3 is 0 Å². The summed E-state index contributed by atoms with van der Waals surface area (Å²) in [5.41, 5.74) is 1.30. The lowest BCUT2D eigenvalue weighted by molar-refractivity contribution is 1.18. The fraction of sp³-hybridized carbons (Fsp3) is 0.400. The molecule has 0 saturated heterocycles. The first-order valence-electron chi connectivity index (χ1n) is 3.77. The van der Waals surface area contributed by atoms with E-state index in [2.05, 4.69) is 31.7 Å². The molecular weight excluding hydrogens is 120 g/mol. The molecule has 0 radical (unpaired) electrons. The maximum atomic E-state index is 3.71. The first-order valence-corrected chi connectivity index (χ1v) is 3.77. The second kappa shape index (κ2) is 6.34. The van der Waals surface area contributed by atoms with Crippen molar-refractivity contribution in [2.24, 2.45) is 0 Å². The summed E-state index contributed by atoms with van der Waals surface area (Å²) in [6, 6.07) is 0. The van der Waals surface area contributed by atoms with Crippen molar-refractivity contribution >= 4 is 0 Å². The Morgan fingerprint density at radius 1 is 1.40 bits per heavy atom. The Balaban J connectivity index is 3.66. The van der Waals surface area contributed by atoms with Crippen molar-refractivity contribution in [3.8, 4) is 0 Å². The number of allylic oxidation sites excluding steroid dienone is 5. The molecule has 0 aromatic heterocycles. The zero-order chi connectivity index (χ0) is 7.82. The van der Waals surface area contributed by atoms with Crippen LogP contribution in [0.15, 0.2) is 36.5 Å². The van der Waals surface area contributed by atoms with E-state index in [1.165, 1.54) is 5.57 Å². The lowest BCUT2D eigenvalue weighted by atomic mass is 10.1. The van der Waals surface area contributed by atoms with Gasteiger partial charge < -0.3 is 0 Å². The van der Waals surface area contributed by atoms with E-state index in [0.717, 1.165) is 12.8 Å². The number of hydrogen-bond acceptors (Lipinski definition) is 0. The van der Waals surface area contributed by atoms with E-state index < -0.39 is 0 Å². The predicted octanol–water partition coefficient (Wildman–Crippen LogP) is 3.48. The van der Waals surface area contributed by atoms with Crippen molar-refractivity contribution in [2.45, 2.75) is 26.7 Å². The first-order chi connectivity index (χ1) is 4.85. The Morgan fingerprint density at radius 2 is 2.10 bits per heavy atom. The van der Waals surface area contributed by atoms with Gasteiger partial charge in [0.15, 0.2) is 0 Å². The molecule has 0 spiro atoms. The highest BCUT2D eigenvalue weighted by atomic mass is 13.9. The van der Waals surface area contributed by atoms with E-state index in [4.69, 9.17) is 0 Å².